The van der Waals surface area contributed by atoms with Crippen molar-refractivity contribution >= 4 is 5.97 Å². The summed E-state index contributed by atoms with van der Waals surface area (Å²) in [7, 11) is 0.973. The van der Waals surface area contributed by atoms with Crippen molar-refractivity contribution in [2.45, 2.75) is 12.5 Å². The molecule has 1 unspecified atom stereocenters. The van der Waals surface area contributed by atoms with Gasteiger partial charge in [-0.25, -0.2) is 22.0 Å². The van der Waals surface area contributed by atoms with Gasteiger partial charge in [-0.2, -0.15) is 0 Å². The summed E-state index contributed by atoms with van der Waals surface area (Å²) < 4.78 is 68.9. The summed E-state index contributed by atoms with van der Waals surface area (Å²) in [6.45, 7) is 0. The summed E-state index contributed by atoms with van der Waals surface area (Å²) in [6, 6.07) is -1.52. The Balaban J connectivity index is 3.22. The molecule has 0 aliphatic rings. The highest BCUT2D eigenvalue weighted by Crippen LogP contribution is 2.23. The van der Waals surface area contributed by atoms with Crippen molar-refractivity contribution < 1.29 is 31.5 Å². The van der Waals surface area contributed by atoms with Crippen molar-refractivity contribution in [1.29, 1.82) is 0 Å². The van der Waals surface area contributed by atoms with Crippen LogP contribution in [0.3, 0.4) is 0 Å². The van der Waals surface area contributed by atoms with E-state index in [2.05, 4.69) is 4.74 Å². The summed E-state index contributed by atoms with van der Waals surface area (Å²) in [5, 5.41) is 0. The second kappa shape index (κ2) is 5.30. The van der Waals surface area contributed by atoms with Crippen LogP contribution in [-0.2, 0) is 16.0 Å². The molecule has 1 aromatic rings. The highest BCUT2D eigenvalue weighted by atomic mass is 19.2. The molecular formula is C10H8F5NO2. The van der Waals surface area contributed by atoms with Crippen molar-refractivity contribution in [2.24, 2.45) is 5.73 Å². The van der Waals surface area contributed by atoms with Gasteiger partial charge >= 0.3 is 5.97 Å². The van der Waals surface area contributed by atoms with Gasteiger partial charge in [-0.15, -0.1) is 0 Å². The first-order chi connectivity index (χ1) is 8.31. The van der Waals surface area contributed by atoms with Crippen LogP contribution in [0.2, 0.25) is 0 Å². The number of rotatable bonds is 3. The smallest absolute Gasteiger partial charge is 0.322 e. The van der Waals surface area contributed by atoms with Crippen LogP contribution >= 0.6 is 0 Å². The molecule has 0 saturated carbocycles. The number of hydrogen-bond acceptors (Lipinski definition) is 3. The molecule has 2 N–H and O–H groups in total. The van der Waals surface area contributed by atoms with E-state index >= 15 is 0 Å². The zero-order valence-electron chi connectivity index (χ0n) is 9.07. The normalized spacial score (nSPS) is 12.4. The molecule has 0 aromatic heterocycles. The van der Waals surface area contributed by atoms with Crippen LogP contribution in [-0.4, -0.2) is 19.1 Å². The van der Waals surface area contributed by atoms with Gasteiger partial charge in [0.1, 0.15) is 6.04 Å². The van der Waals surface area contributed by atoms with E-state index in [1.54, 1.807) is 0 Å². The van der Waals surface area contributed by atoms with E-state index in [0.29, 0.717) is 0 Å². The lowest BCUT2D eigenvalue weighted by atomic mass is 10.0. The van der Waals surface area contributed by atoms with Crippen LogP contribution in [0.1, 0.15) is 5.56 Å². The van der Waals surface area contributed by atoms with Gasteiger partial charge in [-0.05, 0) is 0 Å². The number of nitrogens with two attached hydrogens (primary N) is 1. The minimum absolute atomic E-state index is 0.863. The Morgan fingerprint density at radius 3 is 1.83 bits per heavy atom. The third kappa shape index (κ3) is 2.42. The zero-order chi connectivity index (χ0) is 14.0. The van der Waals surface area contributed by atoms with Crippen LogP contribution in [0.5, 0.6) is 0 Å². The first kappa shape index (κ1) is 14.4. The van der Waals surface area contributed by atoms with Gasteiger partial charge in [0.05, 0.1) is 7.11 Å². The Labute approximate surface area is 98.3 Å². The van der Waals surface area contributed by atoms with Gasteiger partial charge in [0.2, 0.25) is 5.82 Å². The van der Waals surface area contributed by atoms with Gasteiger partial charge in [0, 0.05) is 12.0 Å². The molecule has 3 nitrogen and oxygen atoms in total. The molecule has 0 bridgehead atoms. The van der Waals surface area contributed by atoms with Crippen molar-refractivity contribution in [3.05, 3.63) is 34.6 Å². The number of carbonyl (C=O) groups is 1. The molecule has 8 heteroatoms. The summed E-state index contributed by atoms with van der Waals surface area (Å²) in [6.07, 6.45) is -0.863. The lowest BCUT2D eigenvalue weighted by Crippen LogP contribution is -2.34. The molecule has 100 valence electrons. The third-order valence-corrected chi connectivity index (χ3v) is 2.23. The van der Waals surface area contributed by atoms with Crippen LogP contribution in [0.4, 0.5) is 22.0 Å². The quantitative estimate of drug-likeness (QED) is 0.391. The Bertz CT molecular complexity index is 463. The highest BCUT2D eigenvalue weighted by molar-refractivity contribution is 5.75. The summed E-state index contributed by atoms with van der Waals surface area (Å²) in [5.74, 6) is -11.5. The molecule has 1 atom stereocenters. The van der Waals surface area contributed by atoms with Crippen molar-refractivity contribution in [3.8, 4) is 0 Å². The van der Waals surface area contributed by atoms with E-state index in [1.165, 1.54) is 0 Å². The maximum atomic E-state index is 13.2. The van der Waals surface area contributed by atoms with E-state index in [1.807, 2.05) is 0 Å². The molecule has 1 aromatic carbocycles. The van der Waals surface area contributed by atoms with Gasteiger partial charge in [0.15, 0.2) is 23.3 Å². The number of carbonyl (C=O) groups excluding carboxylic acids is 1. The summed E-state index contributed by atoms with van der Waals surface area (Å²) in [4.78, 5) is 10.9. The van der Waals surface area contributed by atoms with Crippen molar-refractivity contribution in [2.75, 3.05) is 7.11 Å². The lowest BCUT2D eigenvalue weighted by Gasteiger charge is -2.12. The van der Waals surface area contributed by atoms with E-state index in [9.17, 15) is 26.7 Å². The fraction of sp³-hybridized carbons (Fsp3) is 0.300. The van der Waals surface area contributed by atoms with Gasteiger partial charge in [-0.3, -0.25) is 4.79 Å². The number of hydrogen-bond donors (Lipinski definition) is 1. The van der Waals surface area contributed by atoms with Crippen LogP contribution in [0, 0.1) is 29.1 Å². The maximum absolute atomic E-state index is 13.2. The second-order valence-corrected chi connectivity index (χ2v) is 3.38. The molecule has 0 aliphatic heterocycles. The summed E-state index contributed by atoms with van der Waals surface area (Å²) in [5.41, 5.74) is 4.04. The van der Waals surface area contributed by atoms with E-state index in [-0.39, 0.29) is 0 Å². The monoisotopic (exact) mass is 269 g/mol. The average molecular weight is 269 g/mol. The fourth-order valence-electron chi connectivity index (χ4n) is 1.28. The molecule has 0 spiro atoms. The maximum Gasteiger partial charge on any atom is 0.322 e. The predicted octanol–water partition coefficient (Wildman–Crippen LogP) is 1.42. The Morgan fingerprint density at radius 2 is 1.44 bits per heavy atom. The van der Waals surface area contributed by atoms with E-state index < -0.39 is 53.1 Å². The number of methoxy groups -OCH3 is 1. The van der Waals surface area contributed by atoms with Crippen molar-refractivity contribution in [3.63, 3.8) is 0 Å². The minimum Gasteiger partial charge on any atom is -0.468 e. The zero-order valence-corrected chi connectivity index (χ0v) is 9.07. The fourth-order valence-corrected chi connectivity index (χ4v) is 1.28. The average Bonchev–Trinajstić information content (AvgIpc) is 2.37. The SMILES string of the molecule is COC(=O)C(N)Cc1c(F)c(F)c(F)c(F)c1F. The predicted molar refractivity (Wildman–Crippen MR) is 49.9 cm³/mol. The minimum atomic E-state index is -2.26. The van der Waals surface area contributed by atoms with E-state index in [4.69, 9.17) is 5.73 Å². The molecule has 0 saturated heterocycles. The van der Waals surface area contributed by atoms with E-state index in [0.717, 1.165) is 7.11 Å². The van der Waals surface area contributed by atoms with Crippen LogP contribution < -0.4 is 5.73 Å². The molecule has 0 amide bonds. The van der Waals surface area contributed by atoms with Gasteiger partial charge in [0.25, 0.3) is 0 Å². The Kier molecular flexibility index (Phi) is 4.23. The number of benzene rings is 1. The number of ether oxygens (including phenoxy) is 1. The van der Waals surface area contributed by atoms with Gasteiger partial charge in [-0.1, -0.05) is 0 Å². The van der Waals surface area contributed by atoms with Gasteiger partial charge < -0.3 is 10.5 Å². The molecule has 0 heterocycles. The summed E-state index contributed by atoms with van der Waals surface area (Å²) >= 11 is 0. The largest absolute Gasteiger partial charge is 0.468 e. The number of halogens is 5. The Hall–Kier alpha value is -1.70. The van der Waals surface area contributed by atoms with Crippen LogP contribution in [0.15, 0.2) is 0 Å². The molecule has 0 fully saturated rings. The first-order valence-electron chi connectivity index (χ1n) is 4.65. The molecule has 0 aliphatic carbocycles. The standard InChI is InChI=1S/C10H8F5NO2/c1-18-10(17)4(16)2-3-5(11)7(13)9(15)8(14)6(3)12/h4H,2,16H2,1H3. The third-order valence-electron chi connectivity index (χ3n) is 2.23. The second-order valence-electron chi connectivity index (χ2n) is 3.38. The molecule has 1 rings (SSSR count). The highest BCUT2D eigenvalue weighted by Gasteiger charge is 2.28. The van der Waals surface area contributed by atoms with Crippen molar-refractivity contribution in [1.82, 2.24) is 0 Å². The number of esters is 1. The molecular weight excluding hydrogens is 261 g/mol. The first-order valence-corrected chi connectivity index (χ1v) is 4.65. The topological polar surface area (TPSA) is 52.3 Å². The molecule has 0 radical (unpaired) electrons. The lowest BCUT2D eigenvalue weighted by molar-refractivity contribution is -0.142. The Morgan fingerprint density at radius 1 is 1.06 bits per heavy atom. The van der Waals surface area contributed by atoms with Crippen LogP contribution in [0.25, 0.3) is 0 Å². The molecule has 18 heavy (non-hydrogen) atoms.